The van der Waals surface area contributed by atoms with Crippen LogP contribution in [0.15, 0.2) is 6.07 Å². The number of aryl methyl sites for hydroxylation is 1. The Morgan fingerprint density at radius 2 is 2.19 bits per heavy atom. The highest BCUT2D eigenvalue weighted by molar-refractivity contribution is 8.00. The van der Waals surface area contributed by atoms with Crippen LogP contribution in [-0.2, 0) is 6.42 Å². The molecule has 2 aromatic heterocycles. The average molecular weight is 323 g/mol. The second kappa shape index (κ2) is 5.65. The molecule has 0 radical (unpaired) electrons. The average Bonchev–Trinajstić information content (AvgIpc) is 2.88. The summed E-state index contributed by atoms with van der Waals surface area (Å²) in [6, 6.07) is 2.27. The monoisotopic (exact) mass is 322 g/mol. The number of hydrogen-bond donors (Lipinski definition) is 1. The van der Waals surface area contributed by atoms with Crippen molar-refractivity contribution in [2.75, 3.05) is 36.1 Å². The summed E-state index contributed by atoms with van der Waals surface area (Å²) in [6.45, 7) is 8.90. The van der Waals surface area contributed by atoms with Gasteiger partial charge in [0.05, 0.1) is 5.39 Å². The molecule has 114 valence electrons. The SMILES string of the molecule is CCc1cc2c(N3CCSC(C)(C)C3)nc(NC)nc2s1. The molecular weight excluding hydrogens is 300 g/mol. The van der Waals surface area contributed by atoms with Crippen LogP contribution in [0.4, 0.5) is 11.8 Å². The maximum Gasteiger partial charge on any atom is 0.225 e. The summed E-state index contributed by atoms with van der Waals surface area (Å²) >= 11 is 3.83. The van der Waals surface area contributed by atoms with E-state index in [2.05, 4.69) is 42.0 Å². The van der Waals surface area contributed by atoms with Crippen LogP contribution in [0.25, 0.3) is 10.2 Å². The molecule has 21 heavy (non-hydrogen) atoms. The molecule has 1 N–H and O–H groups in total. The Bertz CT molecular complexity index is 650. The lowest BCUT2D eigenvalue weighted by Crippen LogP contribution is -2.43. The van der Waals surface area contributed by atoms with Crippen molar-refractivity contribution in [2.24, 2.45) is 0 Å². The number of rotatable bonds is 3. The summed E-state index contributed by atoms with van der Waals surface area (Å²) < 4.78 is 0.277. The number of hydrogen-bond acceptors (Lipinski definition) is 6. The van der Waals surface area contributed by atoms with Crippen molar-refractivity contribution in [2.45, 2.75) is 31.9 Å². The molecule has 0 spiro atoms. The molecule has 0 aliphatic carbocycles. The Labute approximate surface area is 134 Å². The molecule has 4 nitrogen and oxygen atoms in total. The minimum atomic E-state index is 0.277. The first-order valence-electron chi connectivity index (χ1n) is 7.39. The van der Waals surface area contributed by atoms with Gasteiger partial charge in [0.1, 0.15) is 10.6 Å². The van der Waals surface area contributed by atoms with Crippen LogP contribution in [0, 0.1) is 0 Å². The van der Waals surface area contributed by atoms with E-state index >= 15 is 0 Å². The molecule has 1 fully saturated rings. The van der Waals surface area contributed by atoms with Gasteiger partial charge in [0.25, 0.3) is 0 Å². The third-order valence-electron chi connectivity index (χ3n) is 3.72. The number of nitrogens with zero attached hydrogens (tertiary/aromatic N) is 3. The van der Waals surface area contributed by atoms with Crippen molar-refractivity contribution in [3.8, 4) is 0 Å². The summed E-state index contributed by atoms with van der Waals surface area (Å²) in [5.74, 6) is 2.96. The lowest BCUT2D eigenvalue weighted by Gasteiger charge is -2.38. The van der Waals surface area contributed by atoms with Crippen molar-refractivity contribution in [3.05, 3.63) is 10.9 Å². The summed E-state index contributed by atoms with van der Waals surface area (Å²) in [4.78, 5) is 14.3. The van der Waals surface area contributed by atoms with E-state index < -0.39 is 0 Å². The van der Waals surface area contributed by atoms with Gasteiger partial charge in [-0.2, -0.15) is 16.7 Å². The van der Waals surface area contributed by atoms with Crippen LogP contribution >= 0.6 is 23.1 Å². The number of aromatic nitrogens is 2. The molecule has 1 saturated heterocycles. The first-order chi connectivity index (χ1) is 10.0. The van der Waals surface area contributed by atoms with E-state index in [4.69, 9.17) is 4.98 Å². The van der Waals surface area contributed by atoms with Gasteiger partial charge in [-0.15, -0.1) is 11.3 Å². The highest BCUT2D eigenvalue weighted by Crippen LogP contribution is 2.37. The third-order valence-corrected chi connectivity index (χ3v) is 6.19. The van der Waals surface area contributed by atoms with E-state index in [9.17, 15) is 0 Å². The molecule has 0 aromatic carbocycles. The van der Waals surface area contributed by atoms with Gasteiger partial charge in [0.15, 0.2) is 0 Å². The second-order valence-electron chi connectivity index (χ2n) is 5.94. The fraction of sp³-hybridized carbons (Fsp3) is 0.600. The molecule has 1 aliphatic heterocycles. The zero-order chi connectivity index (χ0) is 15.0. The quantitative estimate of drug-likeness (QED) is 0.934. The van der Waals surface area contributed by atoms with E-state index in [1.54, 1.807) is 11.3 Å². The topological polar surface area (TPSA) is 41.1 Å². The molecule has 0 unspecified atom stereocenters. The summed E-state index contributed by atoms with van der Waals surface area (Å²) in [5.41, 5.74) is 0. The van der Waals surface area contributed by atoms with Gasteiger partial charge in [0, 0.05) is 35.5 Å². The minimum Gasteiger partial charge on any atom is -0.357 e. The maximum absolute atomic E-state index is 4.76. The number of thiophene rings is 1. The van der Waals surface area contributed by atoms with Crippen molar-refractivity contribution in [1.29, 1.82) is 0 Å². The van der Waals surface area contributed by atoms with Crippen LogP contribution in [0.2, 0.25) is 0 Å². The maximum atomic E-state index is 4.76. The Kier molecular flexibility index (Phi) is 4.01. The smallest absolute Gasteiger partial charge is 0.225 e. The Morgan fingerprint density at radius 1 is 1.38 bits per heavy atom. The van der Waals surface area contributed by atoms with Gasteiger partial charge in [-0.1, -0.05) is 6.92 Å². The van der Waals surface area contributed by atoms with Crippen LogP contribution in [-0.4, -0.2) is 40.6 Å². The van der Waals surface area contributed by atoms with Gasteiger partial charge in [0.2, 0.25) is 5.95 Å². The normalized spacial score (nSPS) is 18.2. The Hall–Kier alpha value is -1.01. The molecular formula is C15H22N4S2. The van der Waals surface area contributed by atoms with Crippen LogP contribution in [0.3, 0.4) is 0 Å². The number of nitrogens with one attached hydrogen (secondary N) is 1. The Balaban J connectivity index is 2.09. The van der Waals surface area contributed by atoms with Gasteiger partial charge < -0.3 is 10.2 Å². The fourth-order valence-electron chi connectivity index (χ4n) is 2.68. The first kappa shape index (κ1) is 14.9. The number of anilines is 2. The fourth-order valence-corrected chi connectivity index (χ4v) is 4.75. The lowest BCUT2D eigenvalue weighted by molar-refractivity contribution is 0.644. The zero-order valence-electron chi connectivity index (χ0n) is 13.1. The first-order valence-corrected chi connectivity index (χ1v) is 9.20. The molecule has 3 heterocycles. The van der Waals surface area contributed by atoms with Gasteiger partial charge in [-0.25, -0.2) is 4.98 Å². The van der Waals surface area contributed by atoms with E-state index in [1.807, 2.05) is 18.8 Å². The number of fused-ring (bicyclic) bond motifs is 1. The van der Waals surface area contributed by atoms with E-state index in [1.165, 1.54) is 10.3 Å². The molecule has 6 heteroatoms. The van der Waals surface area contributed by atoms with Crippen molar-refractivity contribution in [3.63, 3.8) is 0 Å². The molecule has 1 aliphatic rings. The molecule has 0 saturated carbocycles. The molecule has 3 rings (SSSR count). The largest absolute Gasteiger partial charge is 0.357 e. The predicted octanol–water partition coefficient (Wildman–Crippen LogP) is 3.63. The van der Waals surface area contributed by atoms with Gasteiger partial charge >= 0.3 is 0 Å². The van der Waals surface area contributed by atoms with Crippen LogP contribution in [0.1, 0.15) is 25.6 Å². The van der Waals surface area contributed by atoms with Gasteiger partial charge in [-0.3, -0.25) is 0 Å². The van der Waals surface area contributed by atoms with Crippen molar-refractivity contribution >= 4 is 45.1 Å². The molecule has 2 aromatic rings. The number of thioether (sulfide) groups is 1. The van der Waals surface area contributed by atoms with Crippen molar-refractivity contribution < 1.29 is 0 Å². The van der Waals surface area contributed by atoms with Gasteiger partial charge in [-0.05, 0) is 26.3 Å². The second-order valence-corrected chi connectivity index (χ2v) is 8.85. The lowest BCUT2D eigenvalue weighted by atomic mass is 10.1. The van der Waals surface area contributed by atoms with E-state index in [-0.39, 0.29) is 4.75 Å². The Morgan fingerprint density at radius 3 is 2.86 bits per heavy atom. The third kappa shape index (κ3) is 2.97. The van der Waals surface area contributed by atoms with Crippen LogP contribution in [0.5, 0.6) is 0 Å². The standard InChI is InChI=1S/C15H22N4S2/c1-5-10-8-11-12(17-14(16-4)18-13(11)21-10)19-6-7-20-15(2,3)9-19/h8H,5-7,9H2,1-4H3,(H,16,17,18). The van der Waals surface area contributed by atoms with E-state index in [0.717, 1.165) is 41.9 Å². The highest BCUT2D eigenvalue weighted by atomic mass is 32.2. The predicted molar refractivity (Wildman–Crippen MR) is 95.1 cm³/mol. The summed E-state index contributed by atoms with van der Waals surface area (Å²) in [5, 5.41) is 4.31. The minimum absolute atomic E-state index is 0.277. The molecule has 0 atom stereocenters. The summed E-state index contributed by atoms with van der Waals surface area (Å²) in [7, 11) is 1.88. The van der Waals surface area contributed by atoms with E-state index in [0.29, 0.717) is 0 Å². The zero-order valence-corrected chi connectivity index (χ0v) is 14.7. The summed E-state index contributed by atoms with van der Waals surface area (Å²) in [6.07, 6.45) is 1.05. The van der Waals surface area contributed by atoms with Crippen molar-refractivity contribution in [1.82, 2.24) is 9.97 Å². The highest BCUT2D eigenvalue weighted by Gasteiger charge is 2.29. The molecule has 0 amide bonds. The molecule has 0 bridgehead atoms. The van der Waals surface area contributed by atoms with Crippen LogP contribution < -0.4 is 10.2 Å².